The molecule has 0 saturated heterocycles. The van der Waals surface area contributed by atoms with Crippen LogP contribution in [-0.2, 0) is 10.0 Å². The number of nitrogens with two attached hydrogens (primary N) is 1. The smallest absolute Gasteiger partial charge is 0.312 e. The molecular formula is C11H18ClN3O5S. The van der Waals surface area contributed by atoms with Crippen molar-refractivity contribution in [2.45, 2.75) is 24.3 Å². The van der Waals surface area contributed by atoms with Crippen molar-refractivity contribution in [1.82, 2.24) is 4.72 Å². The number of rotatable bonds is 6. The van der Waals surface area contributed by atoms with Gasteiger partial charge in [0.05, 0.1) is 16.9 Å². The van der Waals surface area contributed by atoms with E-state index in [4.69, 9.17) is 10.5 Å². The first kappa shape index (κ1) is 19.6. The predicted molar refractivity (Wildman–Crippen MR) is 80.4 cm³/mol. The van der Waals surface area contributed by atoms with Gasteiger partial charge in [-0.15, -0.1) is 12.4 Å². The molecule has 0 saturated carbocycles. The number of hydrogen-bond acceptors (Lipinski definition) is 6. The highest BCUT2D eigenvalue weighted by molar-refractivity contribution is 7.89. The maximum absolute atomic E-state index is 12.2. The zero-order valence-corrected chi connectivity index (χ0v) is 13.5. The molecule has 0 radical (unpaired) electrons. The molecule has 1 aromatic rings. The highest BCUT2D eigenvalue weighted by atomic mass is 35.5. The molecule has 0 spiro atoms. The Hall–Kier alpha value is -1.42. The monoisotopic (exact) mass is 339 g/mol. The Morgan fingerprint density at radius 1 is 1.43 bits per heavy atom. The van der Waals surface area contributed by atoms with E-state index in [0.717, 1.165) is 6.07 Å². The molecule has 0 aliphatic heterocycles. The lowest BCUT2D eigenvalue weighted by atomic mass is 10.1. The minimum absolute atomic E-state index is 0. The lowest BCUT2D eigenvalue weighted by Gasteiger charge is -2.23. The van der Waals surface area contributed by atoms with Gasteiger partial charge in [-0.25, -0.2) is 13.1 Å². The molecule has 3 N–H and O–H groups in total. The number of nitro benzene ring substituents is 1. The van der Waals surface area contributed by atoms with Crippen molar-refractivity contribution < 1.29 is 18.1 Å². The van der Waals surface area contributed by atoms with Gasteiger partial charge in [0, 0.05) is 18.2 Å². The second-order valence-corrected chi connectivity index (χ2v) is 6.47. The molecule has 0 fully saturated rings. The maximum Gasteiger partial charge on any atom is 0.312 e. The molecular weight excluding hydrogens is 322 g/mol. The Bertz CT molecular complexity index is 618. The Morgan fingerprint density at radius 2 is 2.00 bits per heavy atom. The summed E-state index contributed by atoms with van der Waals surface area (Å²) >= 11 is 0. The van der Waals surface area contributed by atoms with Crippen molar-refractivity contribution >= 4 is 28.1 Å². The van der Waals surface area contributed by atoms with Crippen molar-refractivity contribution in [2.24, 2.45) is 5.73 Å². The molecule has 0 heterocycles. The fourth-order valence-electron chi connectivity index (χ4n) is 1.44. The largest absolute Gasteiger partial charge is 0.490 e. The number of benzene rings is 1. The summed E-state index contributed by atoms with van der Waals surface area (Å²) in [5, 5.41) is 10.9. The van der Waals surface area contributed by atoms with E-state index < -0.39 is 26.2 Å². The SMILES string of the molecule is COc1ccc(S(=O)(=O)NC(C)(C)CN)cc1[N+](=O)[O-].Cl. The lowest BCUT2D eigenvalue weighted by Crippen LogP contribution is -2.48. The Labute approximate surface area is 129 Å². The number of methoxy groups -OCH3 is 1. The number of halogens is 1. The van der Waals surface area contributed by atoms with Crippen LogP contribution in [0.4, 0.5) is 5.69 Å². The zero-order chi connectivity index (χ0) is 15.6. The zero-order valence-electron chi connectivity index (χ0n) is 11.8. The second-order valence-electron chi connectivity index (χ2n) is 4.78. The van der Waals surface area contributed by atoms with E-state index >= 15 is 0 Å². The molecule has 0 unspecified atom stereocenters. The molecule has 120 valence electrons. The van der Waals surface area contributed by atoms with Crippen LogP contribution >= 0.6 is 12.4 Å². The van der Waals surface area contributed by atoms with Crippen LogP contribution in [0.2, 0.25) is 0 Å². The third-order valence-corrected chi connectivity index (χ3v) is 4.27. The van der Waals surface area contributed by atoms with Gasteiger partial charge in [-0.1, -0.05) is 0 Å². The van der Waals surface area contributed by atoms with E-state index in [-0.39, 0.29) is 29.6 Å². The molecule has 0 aliphatic rings. The predicted octanol–water partition coefficient (Wildman–Crippen LogP) is 1.04. The molecule has 1 aromatic carbocycles. The normalized spacial score (nSPS) is 11.6. The van der Waals surface area contributed by atoms with Gasteiger partial charge >= 0.3 is 5.69 Å². The first-order chi connectivity index (χ1) is 9.13. The summed E-state index contributed by atoms with van der Waals surface area (Å²) in [5.74, 6) is -0.00737. The Morgan fingerprint density at radius 3 is 2.43 bits per heavy atom. The summed E-state index contributed by atoms with van der Waals surface area (Å²) in [6, 6.07) is 3.43. The van der Waals surface area contributed by atoms with E-state index in [0.29, 0.717) is 0 Å². The van der Waals surface area contributed by atoms with Gasteiger partial charge < -0.3 is 10.5 Å². The summed E-state index contributed by atoms with van der Waals surface area (Å²) in [6.45, 7) is 3.31. The minimum Gasteiger partial charge on any atom is -0.490 e. The van der Waals surface area contributed by atoms with Crippen LogP contribution in [-0.4, -0.2) is 32.5 Å². The fraction of sp³-hybridized carbons (Fsp3) is 0.455. The van der Waals surface area contributed by atoms with Gasteiger partial charge in [0.15, 0.2) is 5.75 Å². The summed E-state index contributed by atoms with van der Waals surface area (Å²) in [5.41, 5.74) is 4.19. The number of nitrogens with one attached hydrogen (secondary N) is 1. The van der Waals surface area contributed by atoms with Gasteiger partial charge in [-0.2, -0.15) is 0 Å². The average Bonchev–Trinajstić information content (AvgIpc) is 2.36. The quantitative estimate of drug-likeness (QED) is 0.589. The van der Waals surface area contributed by atoms with Crippen molar-refractivity contribution in [2.75, 3.05) is 13.7 Å². The average molecular weight is 340 g/mol. The topological polar surface area (TPSA) is 125 Å². The van der Waals surface area contributed by atoms with Gasteiger partial charge in [-0.05, 0) is 26.0 Å². The van der Waals surface area contributed by atoms with E-state index in [1.54, 1.807) is 13.8 Å². The van der Waals surface area contributed by atoms with Gasteiger partial charge in [0.25, 0.3) is 0 Å². The number of ether oxygens (including phenoxy) is 1. The number of nitrogens with zero attached hydrogens (tertiary/aromatic N) is 1. The number of sulfonamides is 1. The molecule has 0 bridgehead atoms. The van der Waals surface area contributed by atoms with Crippen molar-refractivity contribution in [3.8, 4) is 5.75 Å². The van der Waals surface area contributed by atoms with Crippen molar-refractivity contribution in [3.63, 3.8) is 0 Å². The highest BCUT2D eigenvalue weighted by Crippen LogP contribution is 2.29. The van der Waals surface area contributed by atoms with Crippen LogP contribution in [0.3, 0.4) is 0 Å². The summed E-state index contributed by atoms with van der Waals surface area (Å²) < 4.78 is 31.5. The Kier molecular flexibility index (Phi) is 6.55. The molecule has 10 heteroatoms. The van der Waals surface area contributed by atoms with Crippen molar-refractivity contribution in [3.05, 3.63) is 28.3 Å². The highest BCUT2D eigenvalue weighted by Gasteiger charge is 2.27. The van der Waals surface area contributed by atoms with E-state index in [1.165, 1.54) is 19.2 Å². The van der Waals surface area contributed by atoms with Crippen LogP contribution in [0.25, 0.3) is 0 Å². The van der Waals surface area contributed by atoms with Gasteiger partial charge in [0.2, 0.25) is 10.0 Å². The molecule has 21 heavy (non-hydrogen) atoms. The molecule has 1 rings (SSSR count). The molecule has 0 aliphatic carbocycles. The molecule has 8 nitrogen and oxygen atoms in total. The Balaban J connectivity index is 0.00000400. The number of nitro groups is 1. The molecule has 0 amide bonds. The standard InChI is InChI=1S/C11H17N3O5S.ClH/c1-11(2,7-12)13-20(17,18)8-4-5-10(19-3)9(6-8)14(15)16;/h4-6,13H,7,12H2,1-3H3;1H. The fourth-order valence-corrected chi connectivity index (χ4v) is 2.89. The number of hydrogen-bond donors (Lipinski definition) is 2. The third kappa shape index (κ3) is 4.81. The minimum atomic E-state index is -3.90. The second kappa shape index (κ2) is 7.03. The molecule has 0 atom stereocenters. The first-order valence-corrected chi connectivity index (χ1v) is 7.18. The molecule has 0 aromatic heterocycles. The van der Waals surface area contributed by atoms with Crippen LogP contribution < -0.4 is 15.2 Å². The van der Waals surface area contributed by atoms with Gasteiger partial charge in [-0.3, -0.25) is 10.1 Å². The summed E-state index contributed by atoms with van der Waals surface area (Å²) in [4.78, 5) is 9.97. The van der Waals surface area contributed by atoms with Crippen LogP contribution in [0.15, 0.2) is 23.1 Å². The maximum atomic E-state index is 12.2. The van der Waals surface area contributed by atoms with Crippen LogP contribution in [0.5, 0.6) is 5.75 Å². The van der Waals surface area contributed by atoms with Crippen LogP contribution in [0, 0.1) is 10.1 Å². The summed E-state index contributed by atoms with van der Waals surface area (Å²) in [6.07, 6.45) is 0. The van der Waals surface area contributed by atoms with E-state index in [9.17, 15) is 18.5 Å². The third-order valence-electron chi connectivity index (χ3n) is 2.58. The van der Waals surface area contributed by atoms with Crippen molar-refractivity contribution in [1.29, 1.82) is 0 Å². The van der Waals surface area contributed by atoms with E-state index in [1.807, 2.05) is 0 Å². The lowest BCUT2D eigenvalue weighted by molar-refractivity contribution is -0.386. The summed E-state index contributed by atoms with van der Waals surface area (Å²) in [7, 11) is -2.63. The van der Waals surface area contributed by atoms with E-state index in [2.05, 4.69) is 4.72 Å². The van der Waals surface area contributed by atoms with Crippen LogP contribution in [0.1, 0.15) is 13.8 Å². The van der Waals surface area contributed by atoms with Gasteiger partial charge in [0.1, 0.15) is 0 Å². The first-order valence-electron chi connectivity index (χ1n) is 5.69.